The number of hydrogen-bond acceptors (Lipinski definition) is 4. The molecule has 0 bridgehead atoms. The number of oxazole rings is 1. The molecule has 7 nitrogen and oxygen atoms in total. The summed E-state index contributed by atoms with van der Waals surface area (Å²) in [5.74, 6) is -0.843. The van der Waals surface area contributed by atoms with Crippen molar-refractivity contribution in [1.29, 1.82) is 0 Å². The predicted molar refractivity (Wildman–Crippen MR) is 90.6 cm³/mol. The van der Waals surface area contributed by atoms with E-state index in [4.69, 9.17) is 4.42 Å². The first kappa shape index (κ1) is 17.8. The molecule has 1 aromatic heterocycles. The minimum atomic E-state index is -0.482. The molecule has 0 aliphatic heterocycles. The minimum Gasteiger partial charge on any atom is -0.408 e. The second-order valence-corrected chi connectivity index (χ2v) is 5.87. The molecule has 7 heteroatoms. The Kier molecular flexibility index (Phi) is 5.78. The molecular weight excluding hydrogens is 310 g/mol. The normalized spacial score (nSPS) is 11.0. The van der Waals surface area contributed by atoms with Gasteiger partial charge in [-0.2, -0.15) is 0 Å². The number of fused-ring (bicyclic) bond motifs is 1. The Labute approximate surface area is 140 Å². The number of nitrogens with one attached hydrogen (secondary N) is 1. The second-order valence-electron chi connectivity index (χ2n) is 5.87. The summed E-state index contributed by atoms with van der Waals surface area (Å²) in [5, 5.41) is 2.76. The van der Waals surface area contributed by atoms with Crippen LogP contribution in [0.15, 0.2) is 33.5 Å². The van der Waals surface area contributed by atoms with Crippen molar-refractivity contribution in [2.45, 2.75) is 39.8 Å². The number of nitrogens with zero attached hydrogens (tertiary/aromatic N) is 2. The van der Waals surface area contributed by atoms with Gasteiger partial charge < -0.3 is 14.6 Å². The van der Waals surface area contributed by atoms with Crippen LogP contribution in [0, 0.1) is 0 Å². The molecule has 1 aromatic carbocycles. The molecule has 0 radical (unpaired) electrons. The van der Waals surface area contributed by atoms with Crippen LogP contribution in [-0.2, 0) is 16.1 Å². The van der Waals surface area contributed by atoms with E-state index in [0.717, 1.165) is 0 Å². The van der Waals surface area contributed by atoms with E-state index in [1.165, 1.54) is 9.47 Å². The van der Waals surface area contributed by atoms with E-state index in [1.807, 2.05) is 26.8 Å². The predicted octanol–water partition coefficient (Wildman–Crippen LogP) is 1.36. The van der Waals surface area contributed by atoms with Crippen LogP contribution in [0.2, 0.25) is 0 Å². The number of likely N-dealkylation sites (N-methyl/N-ethyl adjacent to an activating group) is 1. The van der Waals surface area contributed by atoms with Gasteiger partial charge >= 0.3 is 5.76 Å². The number of rotatable bonds is 7. The maximum Gasteiger partial charge on any atom is 0.419 e. The highest BCUT2D eigenvalue weighted by Gasteiger charge is 2.17. The van der Waals surface area contributed by atoms with Crippen molar-refractivity contribution in [1.82, 2.24) is 14.8 Å². The largest absolute Gasteiger partial charge is 0.419 e. The zero-order valence-electron chi connectivity index (χ0n) is 14.2. The van der Waals surface area contributed by atoms with Crippen LogP contribution in [0.25, 0.3) is 11.1 Å². The van der Waals surface area contributed by atoms with Gasteiger partial charge in [-0.1, -0.05) is 12.1 Å². The molecule has 2 amide bonds. The van der Waals surface area contributed by atoms with Crippen molar-refractivity contribution in [2.24, 2.45) is 0 Å². The number of amides is 2. The molecular formula is C17H23N3O4. The van der Waals surface area contributed by atoms with Crippen LogP contribution in [-0.4, -0.2) is 40.4 Å². The second kappa shape index (κ2) is 7.81. The highest BCUT2D eigenvalue weighted by atomic mass is 16.4. The fraction of sp³-hybridized carbons (Fsp3) is 0.471. The summed E-state index contributed by atoms with van der Waals surface area (Å²) in [7, 11) is 0. The fourth-order valence-electron chi connectivity index (χ4n) is 2.51. The summed E-state index contributed by atoms with van der Waals surface area (Å²) in [4.78, 5) is 37.5. The van der Waals surface area contributed by atoms with Gasteiger partial charge in [-0.05, 0) is 32.9 Å². The zero-order valence-corrected chi connectivity index (χ0v) is 14.2. The van der Waals surface area contributed by atoms with Crippen molar-refractivity contribution in [3.05, 3.63) is 34.8 Å². The molecule has 0 unspecified atom stereocenters. The Balaban J connectivity index is 2.01. The van der Waals surface area contributed by atoms with Gasteiger partial charge in [-0.3, -0.25) is 14.2 Å². The molecule has 0 saturated carbocycles. The van der Waals surface area contributed by atoms with Gasteiger partial charge in [0.25, 0.3) is 0 Å². The Morgan fingerprint density at radius 2 is 2.00 bits per heavy atom. The Morgan fingerprint density at radius 1 is 1.29 bits per heavy atom. The van der Waals surface area contributed by atoms with Crippen LogP contribution in [0.4, 0.5) is 0 Å². The molecule has 0 aliphatic carbocycles. The van der Waals surface area contributed by atoms with Crippen molar-refractivity contribution < 1.29 is 14.0 Å². The lowest BCUT2D eigenvalue weighted by Gasteiger charge is -2.21. The van der Waals surface area contributed by atoms with Crippen molar-refractivity contribution in [2.75, 3.05) is 13.1 Å². The molecule has 0 aliphatic rings. The van der Waals surface area contributed by atoms with E-state index in [-0.39, 0.29) is 37.4 Å². The van der Waals surface area contributed by atoms with Crippen LogP contribution < -0.4 is 11.1 Å². The number of hydrogen-bond donors (Lipinski definition) is 1. The summed E-state index contributed by atoms with van der Waals surface area (Å²) in [6.07, 6.45) is 0.131. The Morgan fingerprint density at radius 3 is 2.67 bits per heavy atom. The third-order valence-electron chi connectivity index (χ3n) is 3.64. The van der Waals surface area contributed by atoms with E-state index >= 15 is 0 Å². The van der Waals surface area contributed by atoms with Crippen molar-refractivity contribution >= 4 is 22.9 Å². The topological polar surface area (TPSA) is 84.5 Å². The number of aromatic nitrogens is 1. The van der Waals surface area contributed by atoms with Crippen LogP contribution in [0.3, 0.4) is 0 Å². The molecule has 1 heterocycles. The maximum absolute atomic E-state index is 12.3. The summed E-state index contributed by atoms with van der Waals surface area (Å²) in [5.41, 5.74) is 1.16. The lowest BCUT2D eigenvalue weighted by molar-refractivity contribution is -0.136. The summed E-state index contributed by atoms with van der Waals surface area (Å²) < 4.78 is 6.58. The van der Waals surface area contributed by atoms with Gasteiger partial charge in [-0.15, -0.1) is 0 Å². The van der Waals surface area contributed by atoms with Crippen molar-refractivity contribution in [3.8, 4) is 0 Å². The summed E-state index contributed by atoms with van der Waals surface area (Å²) in [6, 6.07) is 7.11. The smallest absolute Gasteiger partial charge is 0.408 e. The highest BCUT2D eigenvalue weighted by Crippen LogP contribution is 2.12. The molecule has 130 valence electrons. The third kappa shape index (κ3) is 4.24. The van der Waals surface area contributed by atoms with Gasteiger partial charge in [-0.25, -0.2) is 4.79 Å². The zero-order chi connectivity index (χ0) is 17.7. The van der Waals surface area contributed by atoms with Gasteiger partial charge in [0.15, 0.2) is 5.58 Å². The van der Waals surface area contributed by atoms with E-state index in [9.17, 15) is 14.4 Å². The molecule has 1 N–H and O–H groups in total. The SMILES string of the molecule is CCN(CC(=O)NC(C)C)C(=O)CCn1c(=O)oc2ccccc21. The fourth-order valence-corrected chi connectivity index (χ4v) is 2.51. The van der Waals surface area contributed by atoms with Gasteiger partial charge in [0.1, 0.15) is 0 Å². The van der Waals surface area contributed by atoms with E-state index in [1.54, 1.807) is 18.2 Å². The van der Waals surface area contributed by atoms with Gasteiger partial charge in [0, 0.05) is 25.6 Å². The number of benzene rings is 1. The monoisotopic (exact) mass is 333 g/mol. The van der Waals surface area contributed by atoms with Crippen molar-refractivity contribution in [3.63, 3.8) is 0 Å². The van der Waals surface area contributed by atoms with E-state index in [0.29, 0.717) is 17.6 Å². The Bertz CT molecular complexity index is 775. The molecule has 2 aromatic rings. The molecule has 0 atom stereocenters. The molecule has 2 rings (SSSR count). The minimum absolute atomic E-state index is 0.0224. The number of carbonyl (C=O) groups excluding carboxylic acids is 2. The van der Waals surface area contributed by atoms with E-state index < -0.39 is 5.76 Å². The summed E-state index contributed by atoms with van der Waals surface area (Å²) >= 11 is 0. The molecule has 0 saturated heterocycles. The van der Waals surface area contributed by atoms with Crippen LogP contribution in [0.5, 0.6) is 0 Å². The van der Waals surface area contributed by atoms with Gasteiger partial charge in [0.05, 0.1) is 12.1 Å². The first-order valence-electron chi connectivity index (χ1n) is 8.08. The average molecular weight is 333 g/mol. The lowest BCUT2D eigenvalue weighted by atomic mass is 10.3. The molecule has 24 heavy (non-hydrogen) atoms. The van der Waals surface area contributed by atoms with Gasteiger partial charge in [0.2, 0.25) is 11.8 Å². The number of carbonyl (C=O) groups is 2. The maximum atomic E-state index is 12.3. The van der Waals surface area contributed by atoms with Crippen LogP contribution >= 0.6 is 0 Å². The quantitative estimate of drug-likeness (QED) is 0.829. The average Bonchev–Trinajstić information content (AvgIpc) is 2.85. The number of aryl methyl sites for hydroxylation is 1. The summed E-state index contributed by atoms with van der Waals surface area (Å²) in [6.45, 7) is 6.23. The number of para-hydroxylation sites is 2. The Hall–Kier alpha value is -2.57. The highest BCUT2D eigenvalue weighted by molar-refractivity contribution is 5.85. The standard InChI is InChI=1S/C17H23N3O4/c1-4-19(11-15(21)18-12(2)3)16(22)9-10-20-13-7-5-6-8-14(13)24-17(20)23/h5-8,12H,4,9-11H2,1-3H3,(H,18,21). The van der Waals surface area contributed by atoms with Crippen LogP contribution in [0.1, 0.15) is 27.2 Å². The first-order chi connectivity index (χ1) is 11.4. The van der Waals surface area contributed by atoms with E-state index in [2.05, 4.69) is 5.32 Å². The third-order valence-corrected chi connectivity index (χ3v) is 3.64. The lowest BCUT2D eigenvalue weighted by Crippen LogP contribution is -2.43. The molecule has 0 spiro atoms. The first-order valence-corrected chi connectivity index (χ1v) is 8.08. The molecule has 0 fully saturated rings.